The van der Waals surface area contributed by atoms with Gasteiger partial charge in [0.1, 0.15) is 23.9 Å². The molecule has 30 heavy (non-hydrogen) atoms. The third-order valence-electron chi connectivity index (χ3n) is 4.07. The number of carbonyl (C=O) groups is 1. The van der Waals surface area contributed by atoms with E-state index in [0.29, 0.717) is 16.6 Å². The number of imidazole rings is 1. The van der Waals surface area contributed by atoms with Crippen molar-refractivity contribution < 1.29 is 31.1 Å². The average Bonchev–Trinajstić information content (AvgIpc) is 2.95. The van der Waals surface area contributed by atoms with Crippen LogP contribution in [0.15, 0.2) is 48.5 Å². The molecule has 0 aliphatic heterocycles. The number of para-hydroxylation sites is 2. The number of ether oxygens (including phenoxy) is 1. The van der Waals surface area contributed by atoms with Crippen LogP contribution in [-0.4, -0.2) is 36.5 Å². The molecule has 1 N–H and O–H groups in total. The van der Waals surface area contributed by atoms with Crippen molar-refractivity contribution in [1.82, 2.24) is 14.9 Å². The molecule has 0 saturated carbocycles. The highest BCUT2D eigenvalue weighted by molar-refractivity contribution is 7.89. The molecule has 0 aliphatic rings. The number of nitrogens with zero attached hydrogens (tertiary/aromatic N) is 2. The summed E-state index contributed by atoms with van der Waals surface area (Å²) < 4.78 is 65.3. The number of aromatic nitrogens is 2. The Morgan fingerprint density at radius 3 is 2.43 bits per heavy atom. The van der Waals surface area contributed by atoms with Gasteiger partial charge >= 0.3 is 6.36 Å². The zero-order chi connectivity index (χ0) is 21.9. The summed E-state index contributed by atoms with van der Waals surface area (Å²) in [5, 5.41) is 2.66. The highest BCUT2D eigenvalue weighted by Gasteiger charge is 2.30. The number of rotatable bonds is 7. The van der Waals surface area contributed by atoms with Crippen molar-refractivity contribution in [2.24, 2.45) is 0 Å². The molecule has 1 heterocycles. The Morgan fingerprint density at radius 1 is 1.13 bits per heavy atom. The van der Waals surface area contributed by atoms with E-state index in [0.717, 1.165) is 18.4 Å². The fourth-order valence-corrected chi connectivity index (χ4v) is 3.55. The van der Waals surface area contributed by atoms with E-state index in [1.165, 1.54) is 16.7 Å². The van der Waals surface area contributed by atoms with Gasteiger partial charge in [0.2, 0.25) is 5.91 Å². The van der Waals surface area contributed by atoms with E-state index in [4.69, 9.17) is 0 Å². The molecule has 0 aliphatic carbocycles. The second-order valence-corrected chi connectivity index (χ2v) is 8.78. The standard InChI is InChI=1S/C19H18F3N3O4S/c1-30(27,28)12-17-24-15-4-2-3-5-16(15)25(17)11-18(26)23-10-13-6-8-14(9-7-13)29-19(20,21)22/h2-9H,10-12H2,1H3,(H,23,26). The van der Waals surface area contributed by atoms with E-state index < -0.39 is 22.1 Å². The van der Waals surface area contributed by atoms with Gasteiger partial charge in [0.05, 0.1) is 11.0 Å². The number of amides is 1. The maximum atomic E-state index is 12.4. The van der Waals surface area contributed by atoms with Gasteiger partial charge in [-0.15, -0.1) is 13.2 Å². The Labute approximate surface area is 170 Å². The number of nitrogens with one attached hydrogen (secondary N) is 1. The van der Waals surface area contributed by atoms with Gasteiger partial charge in [0.15, 0.2) is 9.84 Å². The molecule has 7 nitrogen and oxygen atoms in total. The Balaban J connectivity index is 1.69. The van der Waals surface area contributed by atoms with Crippen LogP contribution in [0.1, 0.15) is 11.4 Å². The normalized spacial score (nSPS) is 12.1. The van der Waals surface area contributed by atoms with Crippen LogP contribution in [0.2, 0.25) is 0 Å². The van der Waals surface area contributed by atoms with Crippen molar-refractivity contribution in [2.45, 2.75) is 25.2 Å². The molecule has 11 heteroatoms. The quantitative estimate of drug-likeness (QED) is 0.609. The van der Waals surface area contributed by atoms with Crippen LogP contribution in [0.25, 0.3) is 11.0 Å². The van der Waals surface area contributed by atoms with Crippen molar-refractivity contribution in [3.8, 4) is 5.75 Å². The summed E-state index contributed by atoms with van der Waals surface area (Å²) in [6.45, 7) is -0.0696. The van der Waals surface area contributed by atoms with E-state index in [1.54, 1.807) is 24.3 Å². The van der Waals surface area contributed by atoms with Gasteiger partial charge in [-0.2, -0.15) is 0 Å². The molecule has 0 unspecified atom stereocenters. The Kier molecular flexibility index (Phi) is 6.01. The number of fused-ring (bicyclic) bond motifs is 1. The van der Waals surface area contributed by atoms with Crippen molar-refractivity contribution in [2.75, 3.05) is 6.26 Å². The van der Waals surface area contributed by atoms with Crippen LogP contribution in [0.3, 0.4) is 0 Å². The minimum atomic E-state index is -4.77. The summed E-state index contributed by atoms with van der Waals surface area (Å²) in [6.07, 6.45) is -3.68. The summed E-state index contributed by atoms with van der Waals surface area (Å²) in [5.41, 5.74) is 1.77. The van der Waals surface area contributed by atoms with Crippen LogP contribution < -0.4 is 10.1 Å². The molecular weight excluding hydrogens is 423 g/mol. The Bertz CT molecular complexity index is 1160. The average molecular weight is 441 g/mol. The number of hydrogen-bond acceptors (Lipinski definition) is 5. The largest absolute Gasteiger partial charge is 0.573 e. The summed E-state index contributed by atoms with van der Waals surface area (Å²) in [6, 6.07) is 12.1. The summed E-state index contributed by atoms with van der Waals surface area (Å²) in [4.78, 5) is 16.7. The van der Waals surface area contributed by atoms with Gasteiger partial charge in [-0.1, -0.05) is 24.3 Å². The maximum Gasteiger partial charge on any atom is 0.573 e. The van der Waals surface area contributed by atoms with Crippen LogP contribution in [0, 0.1) is 0 Å². The van der Waals surface area contributed by atoms with Crippen LogP contribution in [-0.2, 0) is 33.5 Å². The minimum absolute atomic E-state index is 0.0825. The lowest BCUT2D eigenvalue weighted by Gasteiger charge is -2.11. The van der Waals surface area contributed by atoms with Gasteiger partial charge in [-0.3, -0.25) is 4.79 Å². The summed E-state index contributed by atoms with van der Waals surface area (Å²) in [5.74, 6) is -0.811. The van der Waals surface area contributed by atoms with Crippen LogP contribution in [0.5, 0.6) is 5.75 Å². The van der Waals surface area contributed by atoms with Gasteiger partial charge in [-0.25, -0.2) is 13.4 Å². The molecule has 1 amide bonds. The number of carbonyl (C=O) groups excluding carboxylic acids is 1. The minimum Gasteiger partial charge on any atom is -0.406 e. The van der Waals surface area contributed by atoms with Crippen molar-refractivity contribution in [3.63, 3.8) is 0 Å². The van der Waals surface area contributed by atoms with Gasteiger partial charge < -0.3 is 14.6 Å². The van der Waals surface area contributed by atoms with Crippen molar-refractivity contribution >= 4 is 26.8 Å². The van der Waals surface area contributed by atoms with E-state index in [9.17, 15) is 26.4 Å². The fraction of sp³-hybridized carbons (Fsp3) is 0.263. The van der Waals surface area contributed by atoms with E-state index >= 15 is 0 Å². The zero-order valence-electron chi connectivity index (χ0n) is 15.8. The maximum absolute atomic E-state index is 12.4. The van der Waals surface area contributed by atoms with E-state index in [-0.39, 0.29) is 30.4 Å². The predicted molar refractivity (Wildman–Crippen MR) is 103 cm³/mol. The molecule has 160 valence electrons. The highest BCUT2D eigenvalue weighted by atomic mass is 32.2. The van der Waals surface area contributed by atoms with E-state index in [2.05, 4.69) is 15.0 Å². The number of sulfone groups is 1. The zero-order valence-corrected chi connectivity index (χ0v) is 16.6. The smallest absolute Gasteiger partial charge is 0.406 e. The summed E-state index contributed by atoms with van der Waals surface area (Å²) in [7, 11) is -3.36. The molecule has 1 aromatic heterocycles. The van der Waals surface area contributed by atoms with E-state index in [1.807, 2.05) is 0 Å². The van der Waals surface area contributed by atoms with Gasteiger partial charge in [-0.05, 0) is 29.8 Å². The van der Waals surface area contributed by atoms with Crippen molar-refractivity contribution in [3.05, 3.63) is 59.9 Å². The first-order valence-corrected chi connectivity index (χ1v) is 10.8. The lowest BCUT2D eigenvalue weighted by atomic mass is 10.2. The molecule has 0 bridgehead atoms. The first-order chi connectivity index (χ1) is 14.0. The topological polar surface area (TPSA) is 90.3 Å². The van der Waals surface area contributed by atoms with Gasteiger partial charge in [0.25, 0.3) is 0 Å². The molecule has 3 rings (SSSR count). The molecule has 0 fully saturated rings. The molecule has 2 aromatic carbocycles. The second-order valence-electron chi connectivity index (χ2n) is 6.64. The SMILES string of the molecule is CS(=O)(=O)Cc1nc2ccccc2n1CC(=O)NCc1ccc(OC(F)(F)F)cc1. The summed E-state index contributed by atoms with van der Waals surface area (Å²) >= 11 is 0. The Hall–Kier alpha value is -3.08. The number of halogens is 3. The van der Waals surface area contributed by atoms with Crippen LogP contribution >= 0.6 is 0 Å². The number of alkyl halides is 3. The first-order valence-electron chi connectivity index (χ1n) is 8.73. The third-order valence-corrected chi connectivity index (χ3v) is 4.86. The monoisotopic (exact) mass is 441 g/mol. The molecule has 3 aromatic rings. The second kappa shape index (κ2) is 8.34. The third kappa shape index (κ3) is 5.96. The lowest BCUT2D eigenvalue weighted by Crippen LogP contribution is -2.28. The molecule has 0 atom stereocenters. The highest BCUT2D eigenvalue weighted by Crippen LogP contribution is 2.22. The molecule has 0 spiro atoms. The number of benzene rings is 2. The van der Waals surface area contributed by atoms with Gasteiger partial charge in [0, 0.05) is 12.8 Å². The first kappa shape index (κ1) is 21.6. The number of hydrogen-bond donors (Lipinski definition) is 1. The molecule has 0 radical (unpaired) electrons. The lowest BCUT2D eigenvalue weighted by molar-refractivity contribution is -0.274. The van der Waals surface area contributed by atoms with Crippen LogP contribution in [0.4, 0.5) is 13.2 Å². The molecular formula is C19H18F3N3O4S. The fourth-order valence-electron chi connectivity index (χ4n) is 2.86. The van der Waals surface area contributed by atoms with Crippen molar-refractivity contribution in [1.29, 1.82) is 0 Å². The molecule has 0 saturated heterocycles. The Morgan fingerprint density at radius 2 is 1.80 bits per heavy atom. The predicted octanol–water partition coefficient (Wildman–Crippen LogP) is 2.80.